The number of rotatable bonds is 6. The second-order valence-electron chi connectivity index (χ2n) is 6.38. The molecular formula is C16H29N5. The van der Waals surface area contributed by atoms with E-state index in [1.54, 1.807) is 0 Å². The van der Waals surface area contributed by atoms with E-state index in [1.807, 2.05) is 6.92 Å². The number of nitrogens with one attached hydrogen (secondary N) is 2. The fourth-order valence-corrected chi connectivity index (χ4v) is 3.20. The smallest absolute Gasteiger partial charge is 0.148 e. The van der Waals surface area contributed by atoms with Crippen LogP contribution >= 0.6 is 0 Å². The van der Waals surface area contributed by atoms with Gasteiger partial charge >= 0.3 is 0 Å². The second kappa shape index (κ2) is 7.59. The lowest BCUT2D eigenvalue weighted by molar-refractivity contribution is 0.293. The third-order valence-electron chi connectivity index (χ3n) is 4.41. The summed E-state index contributed by atoms with van der Waals surface area (Å²) in [6, 6.07) is 0. The molecular weight excluding hydrogens is 262 g/mol. The van der Waals surface area contributed by atoms with Gasteiger partial charge in [-0.2, -0.15) is 0 Å². The highest BCUT2D eigenvalue weighted by Crippen LogP contribution is 2.29. The number of aryl methyl sites for hydroxylation is 1. The van der Waals surface area contributed by atoms with Crippen LogP contribution in [0.1, 0.15) is 57.3 Å². The predicted octanol–water partition coefficient (Wildman–Crippen LogP) is 3.26. The standard InChI is InChI=1S/C16H29N5/c1-4-6-14-19-15(12(3)16(20-14)21-17)18-10-13-8-5-7-11(2)9-13/h11,13H,4-10,17H2,1-3H3,(H2,18,19,20,21). The van der Waals surface area contributed by atoms with Crippen molar-refractivity contribution in [3.63, 3.8) is 0 Å². The molecule has 0 aromatic carbocycles. The number of anilines is 2. The van der Waals surface area contributed by atoms with Gasteiger partial charge in [0.1, 0.15) is 17.5 Å². The molecule has 1 aromatic rings. The van der Waals surface area contributed by atoms with Crippen LogP contribution in [0, 0.1) is 18.8 Å². The van der Waals surface area contributed by atoms with E-state index < -0.39 is 0 Å². The number of hydrazine groups is 1. The van der Waals surface area contributed by atoms with Crippen molar-refractivity contribution in [3.8, 4) is 0 Å². The summed E-state index contributed by atoms with van der Waals surface area (Å²) >= 11 is 0. The fourth-order valence-electron chi connectivity index (χ4n) is 3.20. The number of nitrogens with two attached hydrogens (primary N) is 1. The molecule has 2 atom stereocenters. The third kappa shape index (κ3) is 4.30. The predicted molar refractivity (Wildman–Crippen MR) is 88.2 cm³/mol. The van der Waals surface area contributed by atoms with Gasteiger partial charge < -0.3 is 10.7 Å². The number of nitrogen functional groups attached to an aromatic ring is 1. The maximum absolute atomic E-state index is 5.57. The van der Waals surface area contributed by atoms with Crippen LogP contribution in [0.15, 0.2) is 0 Å². The first kappa shape index (κ1) is 16.0. The molecule has 1 heterocycles. The molecule has 2 unspecified atom stereocenters. The number of aromatic nitrogens is 2. The van der Waals surface area contributed by atoms with Crippen molar-refractivity contribution in [2.75, 3.05) is 17.3 Å². The van der Waals surface area contributed by atoms with E-state index in [1.165, 1.54) is 25.7 Å². The van der Waals surface area contributed by atoms with Crippen LogP contribution in [0.5, 0.6) is 0 Å². The molecule has 118 valence electrons. The molecule has 0 saturated heterocycles. The van der Waals surface area contributed by atoms with Crippen LogP contribution in [-0.2, 0) is 6.42 Å². The SMILES string of the molecule is CCCc1nc(NN)c(C)c(NCC2CCCC(C)C2)n1. The van der Waals surface area contributed by atoms with Crippen LogP contribution in [0.4, 0.5) is 11.6 Å². The van der Waals surface area contributed by atoms with E-state index in [9.17, 15) is 0 Å². The van der Waals surface area contributed by atoms with Gasteiger partial charge in [-0.05, 0) is 38.0 Å². The Kier molecular flexibility index (Phi) is 5.79. The van der Waals surface area contributed by atoms with Gasteiger partial charge in [-0.15, -0.1) is 0 Å². The van der Waals surface area contributed by atoms with Crippen LogP contribution in [-0.4, -0.2) is 16.5 Å². The lowest BCUT2D eigenvalue weighted by atomic mass is 9.82. The van der Waals surface area contributed by atoms with E-state index in [4.69, 9.17) is 5.84 Å². The van der Waals surface area contributed by atoms with E-state index in [-0.39, 0.29) is 0 Å². The highest BCUT2D eigenvalue weighted by Gasteiger charge is 2.19. The lowest BCUT2D eigenvalue weighted by Gasteiger charge is -2.27. The first-order valence-corrected chi connectivity index (χ1v) is 8.22. The van der Waals surface area contributed by atoms with E-state index >= 15 is 0 Å². The molecule has 0 radical (unpaired) electrons. The van der Waals surface area contributed by atoms with Crippen LogP contribution < -0.4 is 16.6 Å². The highest BCUT2D eigenvalue weighted by atomic mass is 15.3. The summed E-state index contributed by atoms with van der Waals surface area (Å²) in [6.07, 6.45) is 7.29. The quantitative estimate of drug-likeness (QED) is 0.554. The average molecular weight is 291 g/mol. The summed E-state index contributed by atoms with van der Waals surface area (Å²) in [5.74, 6) is 9.70. The average Bonchev–Trinajstić information content (AvgIpc) is 2.48. The molecule has 5 nitrogen and oxygen atoms in total. The Morgan fingerprint density at radius 3 is 2.67 bits per heavy atom. The van der Waals surface area contributed by atoms with Gasteiger partial charge in [0, 0.05) is 18.5 Å². The van der Waals surface area contributed by atoms with Crippen molar-refractivity contribution in [3.05, 3.63) is 11.4 Å². The minimum Gasteiger partial charge on any atom is -0.369 e. The monoisotopic (exact) mass is 291 g/mol. The van der Waals surface area contributed by atoms with Crippen molar-refractivity contribution in [1.29, 1.82) is 0 Å². The zero-order chi connectivity index (χ0) is 15.2. The molecule has 1 aliphatic carbocycles. The van der Waals surface area contributed by atoms with Gasteiger partial charge in [0.15, 0.2) is 0 Å². The van der Waals surface area contributed by atoms with E-state index in [0.29, 0.717) is 0 Å². The molecule has 21 heavy (non-hydrogen) atoms. The first-order valence-electron chi connectivity index (χ1n) is 8.22. The number of nitrogens with zero attached hydrogens (tertiary/aromatic N) is 2. The molecule has 0 aliphatic heterocycles. The molecule has 1 saturated carbocycles. The molecule has 0 bridgehead atoms. The summed E-state index contributed by atoms with van der Waals surface area (Å²) in [7, 11) is 0. The summed E-state index contributed by atoms with van der Waals surface area (Å²) in [4.78, 5) is 9.12. The molecule has 4 N–H and O–H groups in total. The summed E-state index contributed by atoms with van der Waals surface area (Å²) < 4.78 is 0. The van der Waals surface area contributed by atoms with Crippen molar-refractivity contribution in [2.24, 2.45) is 17.7 Å². The van der Waals surface area contributed by atoms with Crippen LogP contribution in [0.3, 0.4) is 0 Å². The van der Waals surface area contributed by atoms with E-state index in [0.717, 1.165) is 54.2 Å². The Bertz CT molecular complexity index is 460. The van der Waals surface area contributed by atoms with Gasteiger partial charge in [0.2, 0.25) is 0 Å². The summed E-state index contributed by atoms with van der Waals surface area (Å²) in [5.41, 5.74) is 3.69. The Labute approximate surface area is 128 Å². The molecule has 1 aliphatic rings. The fraction of sp³-hybridized carbons (Fsp3) is 0.750. The largest absolute Gasteiger partial charge is 0.369 e. The third-order valence-corrected chi connectivity index (χ3v) is 4.41. The molecule has 0 spiro atoms. The van der Waals surface area contributed by atoms with Crippen LogP contribution in [0.25, 0.3) is 0 Å². The minimum atomic E-state index is 0.730. The van der Waals surface area contributed by atoms with Gasteiger partial charge in [-0.25, -0.2) is 15.8 Å². The topological polar surface area (TPSA) is 75.9 Å². The minimum absolute atomic E-state index is 0.730. The molecule has 1 aromatic heterocycles. The Morgan fingerprint density at radius 1 is 1.24 bits per heavy atom. The van der Waals surface area contributed by atoms with Crippen LogP contribution in [0.2, 0.25) is 0 Å². The lowest BCUT2D eigenvalue weighted by Crippen LogP contribution is -2.22. The zero-order valence-electron chi connectivity index (χ0n) is 13.6. The summed E-state index contributed by atoms with van der Waals surface area (Å²) in [6.45, 7) is 7.50. The van der Waals surface area contributed by atoms with Gasteiger partial charge in [-0.3, -0.25) is 0 Å². The maximum Gasteiger partial charge on any atom is 0.148 e. The maximum atomic E-state index is 5.57. The van der Waals surface area contributed by atoms with Crippen molar-refractivity contribution in [2.45, 2.75) is 59.3 Å². The van der Waals surface area contributed by atoms with E-state index in [2.05, 4.69) is 34.6 Å². The molecule has 2 rings (SSSR count). The Hall–Kier alpha value is -1.36. The Morgan fingerprint density at radius 2 is 2.00 bits per heavy atom. The number of hydrogen-bond acceptors (Lipinski definition) is 5. The number of hydrogen-bond donors (Lipinski definition) is 3. The van der Waals surface area contributed by atoms with Crippen molar-refractivity contribution >= 4 is 11.6 Å². The highest BCUT2D eigenvalue weighted by molar-refractivity contribution is 5.56. The van der Waals surface area contributed by atoms with Crippen molar-refractivity contribution in [1.82, 2.24) is 9.97 Å². The normalized spacial score (nSPS) is 22.1. The van der Waals surface area contributed by atoms with Gasteiger partial charge in [-0.1, -0.05) is 26.7 Å². The van der Waals surface area contributed by atoms with Crippen molar-refractivity contribution < 1.29 is 0 Å². The summed E-state index contributed by atoms with van der Waals surface area (Å²) in [5, 5.41) is 3.53. The molecule has 5 heteroatoms. The van der Waals surface area contributed by atoms with Gasteiger partial charge in [0.05, 0.1) is 0 Å². The molecule has 0 amide bonds. The van der Waals surface area contributed by atoms with Gasteiger partial charge in [0.25, 0.3) is 0 Å². The first-order chi connectivity index (χ1) is 10.1. The second-order valence-corrected chi connectivity index (χ2v) is 6.38. The molecule has 1 fully saturated rings. The zero-order valence-corrected chi connectivity index (χ0v) is 13.6. The Balaban J connectivity index is 2.05.